The molecule has 0 bridgehead atoms. The highest BCUT2D eigenvalue weighted by Crippen LogP contribution is 2.50. The molecule has 2 rings (SSSR count). The Balaban J connectivity index is 2.55. The molecule has 0 spiro atoms. The maximum Gasteiger partial charge on any atom is 0.326 e. The van der Waals surface area contributed by atoms with Crippen molar-refractivity contribution < 1.29 is 23.8 Å². The summed E-state index contributed by atoms with van der Waals surface area (Å²) in [6.45, 7) is 3.66. The van der Waals surface area contributed by atoms with Gasteiger partial charge in [-0.3, -0.25) is 9.59 Å². The van der Waals surface area contributed by atoms with E-state index in [1.54, 1.807) is 24.3 Å². The quantitative estimate of drug-likeness (QED) is 0.479. The van der Waals surface area contributed by atoms with Crippen molar-refractivity contribution in [3.63, 3.8) is 0 Å². The molecule has 120 valence electrons. The van der Waals surface area contributed by atoms with Crippen molar-refractivity contribution in [2.24, 2.45) is 5.41 Å². The van der Waals surface area contributed by atoms with E-state index in [-0.39, 0.29) is 6.42 Å². The number of methoxy groups -OCH3 is 2. The summed E-state index contributed by atoms with van der Waals surface area (Å²) in [4.78, 5) is 24.8. The molecule has 1 aromatic rings. The van der Waals surface area contributed by atoms with Gasteiger partial charge >= 0.3 is 11.9 Å². The molecular weight excluding hydrogens is 298 g/mol. The minimum absolute atomic E-state index is 0.0838. The third kappa shape index (κ3) is 2.71. The van der Waals surface area contributed by atoms with Gasteiger partial charge in [-0.2, -0.15) is 5.26 Å². The van der Waals surface area contributed by atoms with Crippen LogP contribution in [-0.2, 0) is 23.8 Å². The molecule has 1 aliphatic rings. The Bertz CT molecular complexity index is 643. The summed E-state index contributed by atoms with van der Waals surface area (Å²) in [7, 11) is 2.42. The van der Waals surface area contributed by atoms with Gasteiger partial charge in [0.2, 0.25) is 0 Å². The molecule has 1 fully saturated rings. The molecule has 0 aliphatic carbocycles. The maximum absolute atomic E-state index is 12.4. The predicted molar refractivity (Wildman–Crippen MR) is 80.1 cm³/mol. The summed E-state index contributed by atoms with van der Waals surface area (Å²) in [5.41, 5.74) is -0.547. The van der Waals surface area contributed by atoms with E-state index in [4.69, 9.17) is 19.5 Å². The van der Waals surface area contributed by atoms with E-state index < -0.39 is 29.6 Å². The summed E-state index contributed by atoms with van der Waals surface area (Å²) < 4.78 is 15.5. The minimum atomic E-state index is -1.60. The van der Waals surface area contributed by atoms with Crippen LogP contribution < -0.4 is 0 Å². The summed E-state index contributed by atoms with van der Waals surface area (Å²) in [5, 5.41) is 8.89. The van der Waals surface area contributed by atoms with E-state index in [2.05, 4.69) is 6.58 Å². The average Bonchev–Trinajstić information content (AvgIpc) is 3.01. The van der Waals surface area contributed by atoms with Gasteiger partial charge in [-0.05, 0) is 17.7 Å². The van der Waals surface area contributed by atoms with Crippen molar-refractivity contribution in [3.8, 4) is 6.07 Å². The summed E-state index contributed by atoms with van der Waals surface area (Å²) in [5.74, 6) is -1.44. The Morgan fingerprint density at radius 2 is 1.87 bits per heavy atom. The van der Waals surface area contributed by atoms with Crippen molar-refractivity contribution in [2.45, 2.75) is 18.6 Å². The SMILES string of the molecule is C=C[C@H]1CC(C(=O)OC)(C(=O)OC)[C@@H](c2ccc(C#N)cc2)O1. The fourth-order valence-electron chi connectivity index (χ4n) is 2.83. The van der Waals surface area contributed by atoms with Gasteiger partial charge in [0.05, 0.1) is 32.0 Å². The third-order valence-corrected chi connectivity index (χ3v) is 3.99. The van der Waals surface area contributed by atoms with Crippen molar-refractivity contribution in [1.82, 2.24) is 0 Å². The van der Waals surface area contributed by atoms with Crippen molar-refractivity contribution in [2.75, 3.05) is 14.2 Å². The van der Waals surface area contributed by atoms with Gasteiger partial charge in [0.25, 0.3) is 0 Å². The highest BCUT2D eigenvalue weighted by molar-refractivity contribution is 6.01. The van der Waals surface area contributed by atoms with Crippen LogP contribution in [0.15, 0.2) is 36.9 Å². The van der Waals surface area contributed by atoms with Gasteiger partial charge in [-0.25, -0.2) is 0 Å². The van der Waals surface area contributed by atoms with E-state index in [0.717, 1.165) is 0 Å². The van der Waals surface area contributed by atoms with Crippen molar-refractivity contribution in [3.05, 3.63) is 48.0 Å². The highest BCUT2D eigenvalue weighted by atomic mass is 16.6. The van der Waals surface area contributed by atoms with Crippen LogP contribution in [0.3, 0.4) is 0 Å². The normalized spacial score (nSPS) is 22.0. The van der Waals surface area contributed by atoms with E-state index in [1.165, 1.54) is 20.3 Å². The van der Waals surface area contributed by atoms with Crippen molar-refractivity contribution >= 4 is 11.9 Å². The lowest BCUT2D eigenvalue weighted by Gasteiger charge is -2.28. The number of carbonyl (C=O) groups excluding carboxylic acids is 2. The van der Waals surface area contributed by atoms with Crippen LogP contribution in [0.1, 0.15) is 23.7 Å². The van der Waals surface area contributed by atoms with Gasteiger partial charge in [0.15, 0.2) is 5.41 Å². The molecule has 1 saturated heterocycles. The Labute approximate surface area is 134 Å². The van der Waals surface area contributed by atoms with Crippen LogP contribution in [0.2, 0.25) is 0 Å². The van der Waals surface area contributed by atoms with Crippen LogP contribution in [0.5, 0.6) is 0 Å². The first-order valence-electron chi connectivity index (χ1n) is 6.98. The molecule has 1 aromatic carbocycles. The molecule has 0 N–H and O–H groups in total. The number of esters is 2. The number of nitrogens with zero attached hydrogens (tertiary/aromatic N) is 1. The molecule has 6 nitrogen and oxygen atoms in total. The molecule has 0 saturated carbocycles. The van der Waals surface area contributed by atoms with Crippen molar-refractivity contribution in [1.29, 1.82) is 5.26 Å². The molecule has 6 heteroatoms. The first kappa shape index (κ1) is 16.7. The van der Waals surface area contributed by atoms with E-state index in [0.29, 0.717) is 11.1 Å². The Morgan fingerprint density at radius 3 is 2.30 bits per heavy atom. The van der Waals surface area contributed by atoms with Crippen LogP contribution >= 0.6 is 0 Å². The van der Waals surface area contributed by atoms with Crippen LogP contribution in [0, 0.1) is 16.7 Å². The first-order chi connectivity index (χ1) is 11.0. The van der Waals surface area contributed by atoms with Gasteiger partial charge in [0, 0.05) is 6.42 Å². The molecule has 23 heavy (non-hydrogen) atoms. The van der Waals surface area contributed by atoms with E-state index >= 15 is 0 Å². The zero-order valence-electron chi connectivity index (χ0n) is 12.9. The van der Waals surface area contributed by atoms with Gasteiger partial charge in [-0.15, -0.1) is 6.58 Å². The summed E-state index contributed by atoms with van der Waals surface area (Å²) in [6, 6.07) is 8.50. The zero-order valence-corrected chi connectivity index (χ0v) is 12.9. The fraction of sp³-hybridized carbons (Fsp3) is 0.353. The lowest BCUT2D eigenvalue weighted by Crippen LogP contribution is -2.43. The molecule has 0 aromatic heterocycles. The Hall–Kier alpha value is -2.65. The standard InChI is InChI=1S/C17H17NO5/c1-4-13-9-17(15(19)21-2,16(20)22-3)14(23-13)12-7-5-11(10-18)6-8-12/h4-8,13-14H,1,9H2,2-3H3/t13-,14+/m0/s1. The molecule has 0 unspecified atom stereocenters. The molecule has 0 radical (unpaired) electrons. The summed E-state index contributed by atoms with van der Waals surface area (Å²) in [6.07, 6.45) is 0.247. The lowest BCUT2D eigenvalue weighted by molar-refractivity contribution is -0.173. The number of hydrogen-bond acceptors (Lipinski definition) is 6. The molecular formula is C17H17NO5. The molecule has 2 atom stereocenters. The molecule has 1 aliphatic heterocycles. The number of benzene rings is 1. The number of hydrogen-bond donors (Lipinski definition) is 0. The van der Waals surface area contributed by atoms with Crippen LogP contribution in [0.4, 0.5) is 0 Å². The number of carbonyl (C=O) groups is 2. The van der Waals surface area contributed by atoms with Gasteiger partial charge < -0.3 is 14.2 Å². The second-order valence-corrected chi connectivity index (χ2v) is 5.18. The van der Waals surface area contributed by atoms with Crippen LogP contribution in [-0.4, -0.2) is 32.3 Å². The monoisotopic (exact) mass is 315 g/mol. The number of nitriles is 1. The summed E-state index contributed by atoms with van der Waals surface area (Å²) >= 11 is 0. The third-order valence-electron chi connectivity index (χ3n) is 3.99. The highest BCUT2D eigenvalue weighted by Gasteiger charge is 2.61. The smallest absolute Gasteiger partial charge is 0.326 e. The Kier molecular flexibility index (Phi) is 4.82. The topological polar surface area (TPSA) is 85.6 Å². The molecule has 0 amide bonds. The number of rotatable bonds is 4. The second-order valence-electron chi connectivity index (χ2n) is 5.18. The first-order valence-corrected chi connectivity index (χ1v) is 6.98. The number of ether oxygens (including phenoxy) is 3. The van der Waals surface area contributed by atoms with Gasteiger partial charge in [-0.1, -0.05) is 18.2 Å². The average molecular weight is 315 g/mol. The largest absolute Gasteiger partial charge is 0.468 e. The minimum Gasteiger partial charge on any atom is -0.468 e. The lowest BCUT2D eigenvalue weighted by atomic mass is 9.76. The maximum atomic E-state index is 12.4. The Morgan fingerprint density at radius 1 is 1.30 bits per heavy atom. The van der Waals surface area contributed by atoms with E-state index in [9.17, 15) is 9.59 Å². The van der Waals surface area contributed by atoms with Crippen LogP contribution in [0.25, 0.3) is 0 Å². The second kappa shape index (κ2) is 6.63. The zero-order chi connectivity index (χ0) is 17.0. The fourth-order valence-corrected chi connectivity index (χ4v) is 2.83. The predicted octanol–water partition coefficient (Wildman–Crippen LogP) is 1.91. The van der Waals surface area contributed by atoms with Gasteiger partial charge in [0.1, 0.15) is 6.10 Å². The molecule has 1 heterocycles. The van der Waals surface area contributed by atoms with E-state index in [1.807, 2.05) is 6.07 Å².